The summed E-state index contributed by atoms with van der Waals surface area (Å²) in [6, 6.07) is 4.94. The van der Waals surface area contributed by atoms with Crippen molar-refractivity contribution >= 4 is 5.91 Å². The molecule has 4 N–H and O–H groups in total. The Morgan fingerprint density at radius 2 is 2.14 bits per heavy atom. The molecular weight excluding hydrogens is 184 g/mol. The smallest absolute Gasteiger partial charge is 0.249 e. The number of rotatable bonds is 3. The van der Waals surface area contributed by atoms with E-state index >= 15 is 0 Å². The zero-order chi connectivity index (χ0) is 10.7. The van der Waals surface area contributed by atoms with Crippen LogP contribution in [0.5, 0.6) is 0 Å². The summed E-state index contributed by atoms with van der Waals surface area (Å²) < 4.78 is 0. The molecule has 0 aromatic carbocycles. The van der Waals surface area contributed by atoms with Crippen molar-refractivity contribution < 1.29 is 15.0 Å². The topological polar surface area (TPSA) is 96.4 Å². The summed E-state index contributed by atoms with van der Waals surface area (Å²) in [6.45, 7) is 1.74. The molecule has 0 radical (unpaired) electrons. The first-order chi connectivity index (χ1) is 6.52. The highest BCUT2D eigenvalue weighted by Crippen LogP contribution is 2.14. The number of carbonyl (C=O) groups excluding carboxylic acids is 1. The summed E-state index contributed by atoms with van der Waals surface area (Å²) >= 11 is 0. The van der Waals surface area contributed by atoms with Crippen molar-refractivity contribution in [1.82, 2.24) is 4.98 Å². The van der Waals surface area contributed by atoms with Gasteiger partial charge in [-0.1, -0.05) is 6.07 Å². The largest absolute Gasteiger partial charge is 0.384 e. The minimum Gasteiger partial charge on any atom is -0.384 e. The van der Waals surface area contributed by atoms with E-state index in [1.807, 2.05) is 0 Å². The van der Waals surface area contributed by atoms with E-state index in [1.165, 1.54) is 6.07 Å². The van der Waals surface area contributed by atoms with E-state index in [2.05, 4.69) is 4.98 Å². The predicted molar refractivity (Wildman–Crippen MR) is 49.1 cm³/mol. The first kappa shape index (κ1) is 10.6. The summed E-state index contributed by atoms with van der Waals surface area (Å²) in [6.07, 6.45) is -2.99. The van der Waals surface area contributed by atoms with Crippen LogP contribution in [0.2, 0.25) is 0 Å². The number of hydrogen-bond donors (Lipinski definition) is 3. The van der Waals surface area contributed by atoms with Crippen molar-refractivity contribution in [2.45, 2.75) is 19.1 Å². The third kappa shape index (κ3) is 2.27. The summed E-state index contributed by atoms with van der Waals surface area (Å²) in [5, 5.41) is 18.6. The molecule has 76 valence electrons. The molecule has 0 aliphatic heterocycles. The van der Waals surface area contributed by atoms with Gasteiger partial charge in [-0.25, -0.2) is 0 Å². The lowest BCUT2D eigenvalue weighted by Crippen LogP contribution is -2.34. The van der Waals surface area contributed by atoms with E-state index in [1.54, 1.807) is 19.1 Å². The van der Waals surface area contributed by atoms with Crippen LogP contribution in [0.15, 0.2) is 18.2 Å². The van der Waals surface area contributed by atoms with E-state index < -0.39 is 18.1 Å². The number of primary amides is 1. The van der Waals surface area contributed by atoms with E-state index in [-0.39, 0.29) is 5.69 Å². The Balaban J connectivity index is 2.89. The van der Waals surface area contributed by atoms with Crippen LogP contribution < -0.4 is 5.73 Å². The van der Waals surface area contributed by atoms with Crippen LogP contribution in [0.25, 0.3) is 0 Å². The molecule has 0 fully saturated rings. The van der Waals surface area contributed by atoms with Gasteiger partial charge in [-0.2, -0.15) is 0 Å². The van der Waals surface area contributed by atoms with Crippen LogP contribution in [-0.4, -0.2) is 27.2 Å². The van der Waals surface area contributed by atoms with Gasteiger partial charge in [-0.05, 0) is 19.1 Å². The molecule has 1 amide bonds. The van der Waals surface area contributed by atoms with E-state index in [0.29, 0.717) is 5.69 Å². The van der Waals surface area contributed by atoms with E-state index in [9.17, 15) is 15.0 Å². The average Bonchev–Trinajstić information content (AvgIpc) is 2.15. The second-order valence-corrected chi connectivity index (χ2v) is 3.00. The zero-order valence-electron chi connectivity index (χ0n) is 7.71. The molecule has 1 aromatic rings. The predicted octanol–water partition coefficient (Wildman–Crippen LogP) is -0.730. The third-order valence-electron chi connectivity index (χ3n) is 1.80. The Morgan fingerprint density at radius 1 is 1.50 bits per heavy atom. The first-order valence-corrected chi connectivity index (χ1v) is 4.11. The van der Waals surface area contributed by atoms with Crippen molar-refractivity contribution in [2.75, 3.05) is 0 Å². The monoisotopic (exact) mass is 196 g/mol. The summed E-state index contributed by atoms with van der Waals surface area (Å²) in [7, 11) is 0. The Kier molecular flexibility index (Phi) is 3.16. The van der Waals surface area contributed by atoms with Crippen LogP contribution >= 0.6 is 0 Å². The Labute approximate surface area is 81.2 Å². The minimum atomic E-state index is -1.62. The van der Waals surface area contributed by atoms with Gasteiger partial charge >= 0.3 is 0 Å². The molecule has 0 spiro atoms. The molecule has 1 heterocycles. The maximum atomic E-state index is 10.6. The maximum absolute atomic E-state index is 10.6. The summed E-state index contributed by atoms with van der Waals surface area (Å²) in [4.78, 5) is 14.5. The fraction of sp³-hybridized carbons (Fsp3) is 0.333. The quantitative estimate of drug-likeness (QED) is 0.593. The van der Waals surface area contributed by atoms with Gasteiger partial charge in [-0.15, -0.1) is 0 Å². The molecule has 1 aromatic heterocycles. The van der Waals surface area contributed by atoms with Crippen molar-refractivity contribution in [3.05, 3.63) is 29.6 Å². The molecule has 1 rings (SSSR count). The highest BCUT2D eigenvalue weighted by molar-refractivity contribution is 5.79. The van der Waals surface area contributed by atoms with Crippen LogP contribution in [0.4, 0.5) is 0 Å². The molecule has 0 saturated heterocycles. The fourth-order valence-electron chi connectivity index (χ4n) is 1.05. The normalized spacial score (nSPS) is 14.8. The number of amides is 1. The van der Waals surface area contributed by atoms with Gasteiger partial charge in [0.15, 0.2) is 6.10 Å². The third-order valence-corrected chi connectivity index (χ3v) is 1.80. The number of carbonyl (C=O) groups is 1. The molecule has 14 heavy (non-hydrogen) atoms. The lowest BCUT2D eigenvalue weighted by atomic mass is 10.1. The van der Waals surface area contributed by atoms with Gasteiger partial charge < -0.3 is 15.9 Å². The van der Waals surface area contributed by atoms with Crippen LogP contribution in [0.3, 0.4) is 0 Å². The molecule has 0 aliphatic rings. The fourth-order valence-corrected chi connectivity index (χ4v) is 1.05. The van der Waals surface area contributed by atoms with E-state index in [4.69, 9.17) is 5.73 Å². The lowest BCUT2D eigenvalue weighted by Gasteiger charge is -2.14. The number of pyridine rings is 1. The van der Waals surface area contributed by atoms with Crippen LogP contribution in [0.1, 0.15) is 17.5 Å². The summed E-state index contributed by atoms with van der Waals surface area (Å²) in [5.74, 6) is -0.971. The number of nitrogens with two attached hydrogens (primary N) is 1. The number of hydrogen-bond acceptors (Lipinski definition) is 4. The van der Waals surface area contributed by atoms with Gasteiger partial charge in [0.1, 0.15) is 6.10 Å². The second kappa shape index (κ2) is 4.17. The highest BCUT2D eigenvalue weighted by Gasteiger charge is 2.24. The van der Waals surface area contributed by atoms with Gasteiger partial charge in [-0.3, -0.25) is 9.78 Å². The zero-order valence-corrected chi connectivity index (χ0v) is 7.71. The molecule has 5 heteroatoms. The van der Waals surface area contributed by atoms with Gasteiger partial charge in [0.05, 0.1) is 5.69 Å². The number of aromatic nitrogens is 1. The molecular formula is C9H12N2O3. The van der Waals surface area contributed by atoms with Gasteiger partial charge in [0, 0.05) is 5.69 Å². The number of nitrogens with zero attached hydrogens (tertiary/aromatic N) is 1. The van der Waals surface area contributed by atoms with Crippen LogP contribution in [-0.2, 0) is 4.79 Å². The number of aliphatic hydroxyl groups is 2. The molecule has 5 nitrogen and oxygen atoms in total. The minimum absolute atomic E-state index is 0.233. The number of aryl methyl sites for hydroxylation is 1. The van der Waals surface area contributed by atoms with Crippen molar-refractivity contribution in [2.24, 2.45) is 5.73 Å². The maximum Gasteiger partial charge on any atom is 0.249 e. The lowest BCUT2D eigenvalue weighted by molar-refractivity contribution is -0.132. The average molecular weight is 196 g/mol. The molecule has 2 unspecified atom stereocenters. The molecule has 0 bridgehead atoms. The second-order valence-electron chi connectivity index (χ2n) is 3.00. The number of aliphatic hydroxyl groups excluding tert-OH is 2. The summed E-state index contributed by atoms with van der Waals surface area (Å²) in [5.41, 5.74) is 5.76. The molecule has 2 atom stereocenters. The molecule has 0 aliphatic carbocycles. The SMILES string of the molecule is Cc1cccc(C(O)C(O)C(N)=O)n1. The Morgan fingerprint density at radius 3 is 2.64 bits per heavy atom. The van der Waals surface area contributed by atoms with Gasteiger partial charge in [0.2, 0.25) is 5.91 Å². The van der Waals surface area contributed by atoms with E-state index in [0.717, 1.165) is 0 Å². The Hall–Kier alpha value is -1.46. The Bertz CT molecular complexity index is 341. The van der Waals surface area contributed by atoms with Gasteiger partial charge in [0.25, 0.3) is 0 Å². The van der Waals surface area contributed by atoms with Crippen molar-refractivity contribution in [1.29, 1.82) is 0 Å². The van der Waals surface area contributed by atoms with Crippen LogP contribution in [0, 0.1) is 6.92 Å². The molecule has 0 saturated carbocycles. The van der Waals surface area contributed by atoms with Crippen molar-refractivity contribution in [3.8, 4) is 0 Å². The van der Waals surface area contributed by atoms with Crippen molar-refractivity contribution in [3.63, 3.8) is 0 Å². The standard InChI is InChI=1S/C9H12N2O3/c1-5-3-2-4-6(11-5)7(12)8(13)9(10)14/h2-4,7-8,12-13H,1H3,(H2,10,14). The first-order valence-electron chi connectivity index (χ1n) is 4.11. The highest BCUT2D eigenvalue weighted by atomic mass is 16.3.